The number of aliphatic carboxylic acids is 1. The third kappa shape index (κ3) is 5.47. The summed E-state index contributed by atoms with van der Waals surface area (Å²) in [6.45, 7) is 8.02. The lowest BCUT2D eigenvalue weighted by atomic mass is 10.2. The van der Waals surface area contributed by atoms with Gasteiger partial charge in [0.05, 0.1) is 6.10 Å². The average molecular weight is 229 g/mol. The summed E-state index contributed by atoms with van der Waals surface area (Å²) in [5.41, 5.74) is 0. The van der Waals surface area contributed by atoms with E-state index in [9.17, 15) is 4.79 Å². The Bertz CT molecular complexity index is 218. The number of nitrogens with zero attached hydrogens (tertiary/aromatic N) is 1. The normalized spacial score (nSPS) is 21.8. The van der Waals surface area contributed by atoms with Gasteiger partial charge in [-0.1, -0.05) is 13.8 Å². The van der Waals surface area contributed by atoms with Crippen LogP contribution in [0.15, 0.2) is 0 Å². The molecule has 1 rings (SSSR count). The van der Waals surface area contributed by atoms with Gasteiger partial charge in [0, 0.05) is 26.1 Å². The second-order valence-electron chi connectivity index (χ2n) is 4.94. The lowest BCUT2D eigenvalue weighted by Crippen LogP contribution is -2.25. The highest BCUT2D eigenvalue weighted by Gasteiger charge is 2.22. The number of hydrogen-bond donors (Lipinski definition) is 1. The maximum absolute atomic E-state index is 10.4. The van der Waals surface area contributed by atoms with E-state index in [1.165, 1.54) is 0 Å². The topological polar surface area (TPSA) is 49.8 Å². The number of ether oxygens (including phenoxy) is 1. The van der Waals surface area contributed by atoms with Crippen molar-refractivity contribution in [1.29, 1.82) is 0 Å². The molecule has 0 saturated carbocycles. The van der Waals surface area contributed by atoms with Gasteiger partial charge in [-0.05, 0) is 25.3 Å². The zero-order valence-corrected chi connectivity index (χ0v) is 10.3. The van der Waals surface area contributed by atoms with E-state index >= 15 is 0 Å². The second-order valence-corrected chi connectivity index (χ2v) is 4.94. The second kappa shape index (κ2) is 6.86. The van der Waals surface area contributed by atoms with Crippen molar-refractivity contribution < 1.29 is 14.6 Å². The van der Waals surface area contributed by atoms with Crippen LogP contribution in [0.3, 0.4) is 0 Å². The van der Waals surface area contributed by atoms with Crippen LogP contribution in [-0.2, 0) is 9.53 Å². The van der Waals surface area contributed by atoms with Crippen LogP contribution in [0.25, 0.3) is 0 Å². The van der Waals surface area contributed by atoms with E-state index in [4.69, 9.17) is 9.84 Å². The minimum absolute atomic E-state index is 0.272. The van der Waals surface area contributed by atoms with Gasteiger partial charge in [-0.25, -0.2) is 0 Å². The summed E-state index contributed by atoms with van der Waals surface area (Å²) in [5.74, 6) is -0.118. The van der Waals surface area contributed by atoms with Gasteiger partial charge >= 0.3 is 5.97 Å². The summed E-state index contributed by atoms with van der Waals surface area (Å²) in [4.78, 5) is 12.7. The quantitative estimate of drug-likeness (QED) is 0.720. The lowest BCUT2D eigenvalue weighted by molar-refractivity contribution is -0.137. The van der Waals surface area contributed by atoms with Crippen molar-refractivity contribution >= 4 is 5.97 Å². The van der Waals surface area contributed by atoms with Crippen molar-refractivity contribution in [2.24, 2.45) is 5.92 Å². The van der Waals surface area contributed by atoms with Gasteiger partial charge < -0.3 is 14.7 Å². The first-order valence-corrected chi connectivity index (χ1v) is 6.13. The van der Waals surface area contributed by atoms with Crippen molar-refractivity contribution in [3.63, 3.8) is 0 Å². The van der Waals surface area contributed by atoms with E-state index in [2.05, 4.69) is 18.7 Å². The zero-order chi connectivity index (χ0) is 12.0. The third-order valence-electron chi connectivity index (χ3n) is 2.76. The predicted octanol–water partition coefficient (Wildman–Crippen LogP) is 1.60. The Kier molecular flexibility index (Phi) is 5.77. The Morgan fingerprint density at radius 1 is 1.56 bits per heavy atom. The van der Waals surface area contributed by atoms with E-state index in [-0.39, 0.29) is 6.42 Å². The molecule has 0 aromatic rings. The van der Waals surface area contributed by atoms with Gasteiger partial charge in [-0.3, -0.25) is 4.79 Å². The van der Waals surface area contributed by atoms with Crippen molar-refractivity contribution in [3.05, 3.63) is 0 Å². The summed E-state index contributed by atoms with van der Waals surface area (Å²) < 4.78 is 5.76. The van der Waals surface area contributed by atoms with Crippen molar-refractivity contribution in [3.8, 4) is 0 Å². The molecular weight excluding hydrogens is 206 g/mol. The maximum Gasteiger partial charge on any atom is 0.303 e. The Morgan fingerprint density at radius 3 is 2.94 bits per heavy atom. The molecule has 1 heterocycles. The van der Waals surface area contributed by atoms with Crippen LogP contribution >= 0.6 is 0 Å². The van der Waals surface area contributed by atoms with Gasteiger partial charge in [-0.15, -0.1) is 0 Å². The molecule has 0 aliphatic carbocycles. The summed E-state index contributed by atoms with van der Waals surface area (Å²) in [7, 11) is 0. The molecule has 16 heavy (non-hydrogen) atoms. The molecule has 1 saturated heterocycles. The Labute approximate surface area is 97.6 Å². The van der Waals surface area contributed by atoms with Crippen LogP contribution in [0.2, 0.25) is 0 Å². The summed E-state index contributed by atoms with van der Waals surface area (Å²) in [6.07, 6.45) is 2.45. The van der Waals surface area contributed by atoms with Gasteiger partial charge in [0.15, 0.2) is 0 Å². The molecule has 0 radical (unpaired) electrons. The van der Waals surface area contributed by atoms with Gasteiger partial charge in [0.25, 0.3) is 0 Å². The summed E-state index contributed by atoms with van der Waals surface area (Å²) in [5, 5.41) is 8.54. The molecule has 0 aromatic carbocycles. The molecule has 0 amide bonds. The van der Waals surface area contributed by atoms with Gasteiger partial charge in [0.2, 0.25) is 0 Å². The first kappa shape index (κ1) is 13.5. The fourth-order valence-electron chi connectivity index (χ4n) is 1.92. The fourth-order valence-corrected chi connectivity index (χ4v) is 1.92. The molecule has 0 aromatic heterocycles. The number of carboxylic acids is 1. The predicted molar refractivity (Wildman–Crippen MR) is 62.5 cm³/mol. The lowest BCUT2D eigenvalue weighted by Gasteiger charge is -2.16. The van der Waals surface area contributed by atoms with Crippen LogP contribution in [0.4, 0.5) is 0 Å². The highest BCUT2D eigenvalue weighted by molar-refractivity contribution is 5.66. The third-order valence-corrected chi connectivity index (χ3v) is 2.76. The Hall–Kier alpha value is -0.610. The van der Waals surface area contributed by atoms with Crippen molar-refractivity contribution in [1.82, 2.24) is 4.90 Å². The number of likely N-dealkylation sites (tertiary alicyclic amines) is 1. The minimum Gasteiger partial charge on any atom is -0.481 e. The molecule has 1 aliphatic heterocycles. The number of rotatable bonds is 7. The molecule has 4 nitrogen and oxygen atoms in total. The highest BCUT2D eigenvalue weighted by Crippen LogP contribution is 2.14. The van der Waals surface area contributed by atoms with E-state index in [1.54, 1.807) is 0 Å². The first-order valence-electron chi connectivity index (χ1n) is 6.13. The van der Waals surface area contributed by atoms with Crippen LogP contribution in [-0.4, -0.2) is 48.3 Å². The van der Waals surface area contributed by atoms with E-state index in [1.807, 2.05) is 0 Å². The SMILES string of the molecule is CC(C)COC1CCN(CCCC(=O)O)C1. The zero-order valence-electron chi connectivity index (χ0n) is 10.3. The largest absolute Gasteiger partial charge is 0.481 e. The van der Waals surface area contributed by atoms with Crippen LogP contribution in [0.5, 0.6) is 0 Å². The average Bonchev–Trinajstić information content (AvgIpc) is 2.62. The van der Waals surface area contributed by atoms with Gasteiger partial charge in [-0.2, -0.15) is 0 Å². The summed E-state index contributed by atoms with van der Waals surface area (Å²) >= 11 is 0. The number of carbonyl (C=O) groups is 1. The van der Waals surface area contributed by atoms with Crippen LogP contribution in [0, 0.1) is 5.92 Å². The Morgan fingerprint density at radius 2 is 2.31 bits per heavy atom. The maximum atomic E-state index is 10.4. The van der Waals surface area contributed by atoms with E-state index in [0.29, 0.717) is 12.0 Å². The smallest absolute Gasteiger partial charge is 0.303 e. The molecule has 1 N–H and O–H groups in total. The number of hydrogen-bond acceptors (Lipinski definition) is 3. The standard InChI is InChI=1S/C12H23NO3/c1-10(2)9-16-11-5-7-13(8-11)6-3-4-12(14)15/h10-11H,3-9H2,1-2H3,(H,14,15). The van der Waals surface area contributed by atoms with Gasteiger partial charge in [0.1, 0.15) is 0 Å². The minimum atomic E-state index is -0.702. The summed E-state index contributed by atoms with van der Waals surface area (Å²) in [6, 6.07) is 0. The number of carboxylic acid groups (broad SMARTS) is 1. The molecule has 94 valence electrons. The monoisotopic (exact) mass is 229 g/mol. The first-order chi connectivity index (χ1) is 7.58. The molecular formula is C12H23NO3. The molecule has 0 spiro atoms. The molecule has 1 fully saturated rings. The molecule has 0 bridgehead atoms. The fraction of sp³-hybridized carbons (Fsp3) is 0.917. The van der Waals surface area contributed by atoms with E-state index in [0.717, 1.165) is 39.1 Å². The van der Waals surface area contributed by atoms with Crippen LogP contribution in [0.1, 0.15) is 33.1 Å². The van der Waals surface area contributed by atoms with Crippen molar-refractivity contribution in [2.45, 2.75) is 39.2 Å². The Balaban J connectivity index is 2.07. The molecule has 1 atom stereocenters. The molecule has 1 unspecified atom stereocenters. The van der Waals surface area contributed by atoms with Crippen LogP contribution < -0.4 is 0 Å². The molecule has 1 aliphatic rings. The highest BCUT2D eigenvalue weighted by atomic mass is 16.5. The van der Waals surface area contributed by atoms with E-state index < -0.39 is 5.97 Å². The molecule has 4 heteroatoms. The van der Waals surface area contributed by atoms with Crippen molar-refractivity contribution in [2.75, 3.05) is 26.2 Å².